The lowest BCUT2D eigenvalue weighted by Crippen LogP contribution is -2.46. The van der Waals surface area contributed by atoms with Gasteiger partial charge in [0.1, 0.15) is 0 Å². The Morgan fingerprint density at radius 3 is 2.42 bits per heavy atom. The van der Waals surface area contributed by atoms with E-state index < -0.39 is 27.8 Å². The zero-order valence-electron chi connectivity index (χ0n) is 27.1. The second kappa shape index (κ2) is 14.4. The van der Waals surface area contributed by atoms with Crippen LogP contribution in [0.4, 0.5) is 14.7 Å². The van der Waals surface area contributed by atoms with Crippen molar-refractivity contribution < 1.29 is 31.5 Å². The van der Waals surface area contributed by atoms with Gasteiger partial charge >= 0.3 is 6.61 Å². The number of nitrogens with zero attached hydrogens (tertiary/aromatic N) is 6. The Morgan fingerprint density at radius 2 is 1.75 bits per heavy atom. The molecule has 3 fully saturated rings. The van der Waals surface area contributed by atoms with E-state index >= 15 is 0 Å². The van der Waals surface area contributed by atoms with Gasteiger partial charge < -0.3 is 15.0 Å². The fraction of sp³-hybridized carbons (Fsp3) is 0.594. The number of aromatic nitrogens is 4. The number of hydrogen-bond acceptors (Lipinski definition) is 10. The van der Waals surface area contributed by atoms with Crippen molar-refractivity contribution in [3.63, 3.8) is 0 Å². The zero-order valence-corrected chi connectivity index (χ0v) is 28.0. The van der Waals surface area contributed by atoms with E-state index in [2.05, 4.69) is 47.5 Å². The van der Waals surface area contributed by atoms with E-state index in [1.165, 1.54) is 18.0 Å². The van der Waals surface area contributed by atoms with Crippen LogP contribution in [-0.2, 0) is 26.7 Å². The van der Waals surface area contributed by atoms with Gasteiger partial charge in [-0.05, 0) is 82.6 Å². The van der Waals surface area contributed by atoms with Crippen LogP contribution in [0.5, 0.6) is 5.75 Å². The molecule has 3 aromatic rings. The topological polar surface area (TPSA) is 152 Å². The first-order chi connectivity index (χ1) is 23.0. The monoisotopic (exact) mass is 688 g/mol. The highest BCUT2D eigenvalue weighted by Gasteiger charge is 2.34. The van der Waals surface area contributed by atoms with Crippen molar-refractivity contribution in [2.75, 3.05) is 38.0 Å². The second-order valence-corrected chi connectivity index (χ2v) is 15.3. The number of benzene rings is 1. The fourth-order valence-corrected chi connectivity index (χ4v) is 8.65. The number of sulfonamides is 1. The van der Waals surface area contributed by atoms with E-state index in [1.807, 2.05) is 17.8 Å². The Bertz CT molecular complexity index is 1720. The van der Waals surface area contributed by atoms with Crippen LogP contribution in [0.2, 0.25) is 0 Å². The van der Waals surface area contributed by atoms with E-state index in [-0.39, 0.29) is 29.6 Å². The minimum Gasteiger partial charge on any atom is -0.432 e. The molecule has 0 saturated carbocycles. The smallest absolute Gasteiger partial charge is 0.387 e. The molecule has 2 aromatic heterocycles. The number of aryl methyl sites for hydroxylation is 1. The number of halogens is 2. The number of nitrogens with one attached hydrogen (secondary N) is 2. The van der Waals surface area contributed by atoms with Crippen LogP contribution in [-0.4, -0.2) is 99.8 Å². The lowest BCUT2D eigenvalue weighted by Gasteiger charge is -2.35. The first-order valence-corrected chi connectivity index (χ1v) is 18.0. The Labute approximate surface area is 278 Å². The Balaban J connectivity index is 0.959. The van der Waals surface area contributed by atoms with Gasteiger partial charge in [-0.2, -0.15) is 13.9 Å². The van der Waals surface area contributed by atoms with Crippen molar-refractivity contribution in [1.82, 2.24) is 34.3 Å². The first kappa shape index (κ1) is 34.1. The highest BCUT2D eigenvalue weighted by Crippen LogP contribution is 2.34. The molecule has 3 aliphatic heterocycles. The van der Waals surface area contributed by atoms with E-state index in [1.54, 1.807) is 11.2 Å². The van der Waals surface area contributed by atoms with Crippen molar-refractivity contribution in [3.8, 4) is 5.75 Å². The maximum absolute atomic E-state index is 13.4. The van der Waals surface area contributed by atoms with Crippen LogP contribution in [0, 0.1) is 0 Å². The average Bonchev–Trinajstić information content (AvgIpc) is 3.39. The molecule has 3 aliphatic rings. The molecule has 6 rings (SSSR count). The lowest BCUT2D eigenvalue weighted by molar-refractivity contribution is -0.134. The van der Waals surface area contributed by atoms with Crippen molar-refractivity contribution in [2.45, 2.75) is 81.6 Å². The molecule has 260 valence electrons. The summed E-state index contributed by atoms with van der Waals surface area (Å²) in [6.07, 6.45) is 6.78. The molecule has 48 heavy (non-hydrogen) atoms. The number of ether oxygens (including phenoxy) is 1. The van der Waals surface area contributed by atoms with E-state index in [0.717, 1.165) is 36.8 Å². The van der Waals surface area contributed by atoms with E-state index in [4.69, 9.17) is 0 Å². The molecular weight excluding hydrogens is 646 g/mol. The van der Waals surface area contributed by atoms with Crippen LogP contribution in [0.15, 0.2) is 30.6 Å². The molecule has 2 unspecified atom stereocenters. The van der Waals surface area contributed by atoms with Gasteiger partial charge in [0.2, 0.25) is 27.8 Å². The van der Waals surface area contributed by atoms with Gasteiger partial charge in [-0.1, -0.05) is 12.1 Å². The molecule has 5 heterocycles. The largest absolute Gasteiger partial charge is 0.432 e. The summed E-state index contributed by atoms with van der Waals surface area (Å²) >= 11 is 0. The lowest BCUT2D eigenvalue weighted by atomic mass is 9.87. The molecule has 0 bridgehead atoms. The SMILES string of the molecule is CC(CCN1CCC(c2ccc3c(C4CCC(=O)NC4=O)nn(C)c3c2)CC1)S(=O)(=O)N1CCC(Nc2ncc(OC(F)F)cn2)CC1. The molecule has 2 atom stereocenters. The molecule has 1 aromatic carbocycles. The third kappa shape index (κ3) is 7.60. The van der Waals surface area contributed by atoms with Gasteiger partial charge in [-0.25, -0.2) is 22.7 Å². The molecular formula is C32H42F2N8O5S. The fourth-order valence-electron chi connectivity index (χ4n) is 7.02. The van der Waals surface area contributed by atoms with Crippen LogP contribution < -0.4 is 15.4 Å². The van der Waals surface area contributed by atoms with Crippen LogP contribution >= 0.6 is 0 Å². The molecule has 2 amide bonds. The number of alkyl halides is 2. The zero-order chi connectivity index (χ0) is 34.0. The number of amides is 2. The third-order valence-corrected chi connectivity index (χ3v) is 12.2. The van der Waals surface area contributed by atoms with Crippen LogP contribution in [0.1, 0.15) is 75.0 Å². The molecule has 2 N–H and O–H groups in total. The summed E-state index contributed by atoms with van der Waals surface area (Å²) in [6.45, 7) is 2.10. The quantitative estimate of drug-likeness (QED) is 0.287. The van der Waals surface area contributed by atoms with Gasteiger partial charge in [0, 0.05) is 38.0 Å². The summed E-state index contributed by atoms with van der Waals surface area (Å²) in [6, 6.07) is 6.32. The summed E-state index contributed by atoms with van der Waals surface area (Å²) in [5.41, 5.74) is 2.92. The number of hydrogen-bond donors (Lipinski definition) is 2. The van der Waals surface area contributed by atoms with E-state index in [0.29, 0.717) is 63.4 Å². The molecule has 0 radical (unpaired) electrons. The van der Waals surface area contributed by atoms with Gasteiger partial charge in [0.15, 0.2) is 5.75 Å². The number of imide groups is 1. The molecule has 3 saturated heterocycles. The standard InChI is InChI=1S/C32H42F2N8O5S/c1-20(48(45,46)42-15-10-23(11-16-42)37-32-35-18-24(19-36-32)47-31(33)34)7-12-41-13-8-21(9-14-41)22-3-4-25-27(17-22)40(2)39-29(25)26-5-6-28(43)38-30(26)44/h3-4,17-21,23,26,31H,5-16H2,1-2H3,(H,35,36,37)(H,38,43,44). The molecule has 13 nitrogen and oxygen atoms in total. The van der Waals surface area contributed by atoms with Gasteiger partial charge in [-0.3, -0.25) is 19.6 Å². The van der Waals surface area contributed by atoms with E-state index in [9.17, 15) is 26.8 Å². The second-order valence-electron chi connectivity index (χ2n) is 13.0. The predicted molar refractivity (Wildman–Crippen MR) is 174 cm³/mol. The van der Waals surface area contributed by atoms with Crippen molar-refractivity contribution >= 4 is 38.7 Å². The minimum atomic E-state index is -3.46. The number of piperidine rings is 3. The summed E-state index contributed by atoms with van der Waals surface area (Å²) in [5, 5.41) is 10.7. The van der Waals surface area contributed by atoms with Gasteiger partial charge in [0.05, 0.1) is 34.8 Å². The minimum absolute atomic E-state index is 0.0269. The average molecular weight is 689 g/mol. The highest BCUT2D eigenvalue weighted by atomic mass is 32.2. The summed E-state index contributed by atoms with van der Waals surface area (Å²) in [4.78, 5) is 34.5. The maximum atomic E-state index is 13.4. The highest BCUT2D eigenvalue weighted by molar-refractivity contribution is 7.89. The number of carbonyl (C=O) groups excluding carboxylic acids is 2. The Kier molecular flexibility index (Phi) is 10.2. The maximum Gasteiger partial charge on any atom is 0.387 e. The van der Waals surface area contributed by atoms with Gasteiger partial charge in [0.25, 0.3) is 0 Å². The summed E-state index contributed by atoms with van der Waals surface area (Å²) < 4.78 is 59.1. The number of carbonyl (C=O) groups is 2. The number of likely N-dealkylation sites (tertiary alicyclic amines) is 1. The number of anilines is 1. The molecule has 16 heteroatoms. The Morgan fingerprint density at radius 1 is 1.04 bits per heavy atom. The third-order valence-electron chi connectivity index (χ3n) is 9.89. The summed E-state index contributed by atoms with van der Waals surface area (Å²) in [7, 11) is -1.58. The van der Waals surface area contributed by atoms with Crippen molar-refractivity contribution in [1.29, 1.82) is 0 Å². The van der Waals surface area contributed by atoms with Crippen LogP contribution in [0.25, 0.3) is 10.9 Å². The normalized spacial score (nSPS) is 21.5. The molecule has 0 aliphatic carbocycles. The number of fused-ring (bicyclic) bond motifs is 1. The number of rotatable bonds is 11. The Hall–Kier alpha value is -3.76. The molecule has 0 spiro atoms. The van der Waals surface area contributed by atoms with Gasteiger partial charge in [-0.15, -0.1) is 0 Å². The first-order valence-electron chi connectivity index (χ1n) is 16.5. The van der Waals surface area contributed by atoms with Crippen molar-refractivity contribution in [2.24, 2.45) is 7.05 Å². The predicted octanol–water partition coefficient (Wildman–Crippen LogP) is 3.35. The van der Waals surface area contributed by atoms with Crippen molar-refractivity contribution in [3.05, 3.63) is 41.9 Å². The summed E-state index contributed by atoms with van der Waals surface area (Å²) in [5.74, 6) is -0.416. The van der Waals surface area contributed by atoms with Crippen LogP contribution in [0.3, 0.4) is 0 Å².